The maximum Gasteiger partial charge on any atom is 0.229 e. The quantitative estimate of drug-likeness (QED) is 0.651. The molecule has 0 unspecified atom stereocenters. The number of carbonyl (C=O) groups is 2. The molecule has 0 saturated carbocycles. The number of nitrogens with one attached hydrogen (secondary N) is 1. The van der Waals surface area contributed by atoms with Crippen LogP contribution in [0, 0.1) is 11.7 Å². The third-order valence-corrected chi connectivity index (χ3v) is 5.83. The summed E-state index contributed by atoms with van der Waals surface area (Å²) in [5, 5.41) is 2.98. The van der Waals surface area contributed by atoms with Crippen LogP contribution in [0.5, 0.6) is 0 Å². The fourth-order valence-corrected chi connectivity index (χ4v) is 4.19. The Morgan fingerprint density at radius 1 is 0.966 bits per heavy atom. The molecule has 1 atom stereocenters. The smallest absolute Gasteiger partial charge is 0.229 e. The minimum absolute atomic E-state index is 0.135. The van der Waals surface area contributed by atoms with Gasteiger partial charge < -0.3 is 10.2 Å². The molecule has 0 radical (unpaired) electrons. The van der Waals surface area contributed by atoms with E-state index in [9.17, 15) is 14.0 Å². The van der Waals surface area contributed by atoms with E-state index >= 15 is 0 Å². The molecular weight excluding hydrogens is 387 g/mol. The Bertz CT molecular complexity index is 1020. The number of rotatable bonds is 5. The highest BCUT2D eigenvalue weighted by molar-refractivity contribution is 7.99. The van der Waals surface area contributed by atoms with Gasteiger partial charge in [0.25, 0.3) is 0 Å². The zero-order valence-corrected chi connectivity index (χ0v) is 16.4. The molecule has 3 aromatic rings. The van der Waals surface area contributed by atoms with Gasteiger partial charge in [-0.2, -0.15) is 0 Å². The highest BCUT2D eigenvalue weighted by Crippen LogP contribution is 2.34. The SMILES string of the molecule is O=C(Nc1ccccc1Sc1ccccc1)[C@H]1CC(=O)N(c2ccc(F)cc2)C1. The van der Waals surface area contributed by atoms with Crippen molar-refractivity contribution in [3.05, 3.63) is 84.7 Å². The van der Waals surface area contributed by atoms with E-state index in [-0.39, 0.29) is 30.6 Å². The summed E-state index contributed by atoms with van der Waals surface area (Å²) in [5.74, 6) is -1.14. The molecule has 3 aromatic carbocycles. The van der Waals surface area contributed by atoms with Gasteiger partial charge in [-0.1, -0.05) is 42.1 Å². The van der Waals surface area contributed by atoms with Crippen molar-refractivity contribution in [2.24, 2.45) is 5.92 Å². The van der Waals surface area contributed by atoms with Gasteiger partial charge in [0.2, 0.25) is 11.8 Å². The van der Waals surface area contributed by atoms with Gasteiger partial charge in [0, 0.05) is 28.4 Å². The number of nitrogens with zero attached hydrogens (tertiary/aromatic N) is 1. The third-order valence-electron chi connectivity index (χ3n) is 4.75. The molecule has 1 fully saturated rings. The number of para-hydroxylation sites is 1. The Labute approximate surface area is 172 Å². The lowest BCUT2D eigenvalue weighted by atomic mass is 10.1. The maximum absolute atomic E-state index is 13.1. The summed E-state index contributed by atoms with van der Waals surface area (Å²) in [7, 11) is 0. The Kier molecular flexibility index (Phi) is 5.62. The molecule has 1 heterocycles. The number of amides is 2. The van der Waals surface area contributed by atoms with Gasteiger partial charge >= 0.3 is 0 Å². The van der Waals surface area contributed by atoms with Crippen molar-refractivity contribution in [1.29, 1.82) is 0 Å². The lowest BCUT2D eigenvalue weighted by Gasteiger charge is -2.17. The van der Waals surface area contributed by atoms with Crippen LogP contribution >= 0.6 is 11.8 Å². The number of hydrogen-bond acceptors (Lipinski definition) is 3. The largest absolute Gasteiger partial charge is 0.325 e. The molecule has 1 aliphatic heterocycles. The van der Waals surface area contributed by atoms with Crippen molar-refractivity contribution in [3.8, 4) is 0 Å². The number of benzene rings is 3. The Morgan fingerprint density at radius 2 is 1.66 bits per heavy atom. The summed E-state index contributed by atoms with van der Waals surface area (Å²) in [5.41, 5.74) is 1.32. The zero-order chi connectivity index (χ0) is 20.2. The summed E-state index contributed by atoms with van der Waals surface area (Å²) >= 11 is 1.57. The molecule has 0 bridgehead atoms. The second kappa shape index (κ2) is 8.49. The number of hydrogen-bond donors (Lipinski definition) is 1. The molecule has 0 aromatic heterocycles. The van der Waals surface area contributed by atoms with Crippen molar-refractivity contribution >= 4 is 35.0 Å². The van der Waals surface area contributed by atoms with E-state index in [1.54, 1.807) is 23.9 Å². The minimum Gasteiger partial charge on any atom is -0.325 e. The first-order chi connectivity index (χ1) is 14.1. The van der Waals surface area contributed by atoms with E-state index in [0.717, 1.165) is 15.5 Å². The first-order valence-corrected chi connectivity index (χ1v) is 10.1. The molecular formula is C23H19FN2O2S. The predicted octanol–water partition coefficient (Wildman–Crippen LogP) is 4.97. The van der Waals surface area contributed by atoms with Crippen LogP contribution in [0.4, 0.5) is 15.8 Å². The van der Waals surface area contributed by atoms with Crippen LogP contribution in [0.1, 0.15) is 6.42 Å². The van der Waals surface area contributed by atoms with Crippen molar-refractivity contribution in [1.82, 2.24) is 0 Å². The van der Waals surface area contributed by atoms with Crippen molar-refractivity contribution in [3.63, 3.8) is 0 Å². The van der Waals surface area contributed by atoms with Crippen LogP contribution in [-0.2, 0) is 9.59 Å². The lowest BCUT2D eigenvalue weighted by Crippen LogP contribution is -2.28. The first kappa shape index (κ1) is 19.2. The summed E-state index contributed by atoms with van der Waals surface area (Å²) in [4.78, 5) is 28.8. The van der Waals surface area contributed by atoms with Crippen LogP contribution in [0.25, 0.3) is 0 Å². The highest BCUT2D eigenvalue weighted by Gasteiger charge is 2.35. The number of anilines is 2. The molecule has 1 saturated heterocycles. The van der Waals surface area contributed by atoms with Crippen LogP contribution in [0.3, 0.4) is 0 Å². The van der Waals surface area contributed by atoms with Crippen molar-refractivity contribution in [2.75, 3.05) is 16.8 Å². The number of carbonyl (C=O) groups excluding carboxylic acids is 2. The van der Waals surface area contributed by atoms with Gasteiger partial charge in [-0.05, 0) is 48.5 Å². The van der Waals surface area contributed by atoms with Gasteiger partial charge in [0.1, 0.15) is 5.82 Å². The average Bonchev–Trinajstić information content (AvgIpc) is 3.13. The Morgan fingerprint density at radius 3 is 2.41 bits per heavy atom. The topological polar surface area (TPSA) is 49.4 Å². The van der Waals surface area contributed by atoms with E-state index in [2.05, 4.69) is 5.32 Å². The van der Waals surface area contributed by atoms with E-state index in [1.165, 1.54) is 17.0 Å². The van der Waals surface area contributed by atoms with Crippen molar-refractivity contribution in [2.45, 2.75) is 16.2 Å². The molecule has 4 rings (SSSR count). The van der Waals surface area contributed by atoms with Crippen LogP contribution in [0.2, 0.25) is 0 Å². The Balaban J connectivity index is 1.46. The second-order valence-corrected chi connectivity index (χ2v) is 7.90. The molecule has 1 N–H and O–H groups in total. The Hall–Kier alpha value is -3.12. The molecule has 4 nitrogen and oxygen atoms in total. The van der Waals surface area contributed by atoms with E-state index in [1.807, 2.05) is 54.6 Å². The van der Waals surface area contributed by atoms with Crippen LogP contribution in [-0.4, -0.2) is 18.4 Å². The van der Waals surface area contributed by atoms with E-state index in [4.69, 9.17) is 0 Å². The van der Waals surface area contributed by atoms with Gasteiger partial charge in [-0.3, -0.25) is 9.59 Å². The first-order valence-electron chi connectivity index (χ1n) is 9.29. The van der Waals surface area contributed by atoms with Crippen LogP contribution in [0.15, 0.2) is 88.7 Å². The fourth-order valence-electron chi connectivity index (χ4n) is 3.26. The summed E-state index contributed by atoms with van der Waals surface area (Å²) in [6, 6.07) is 23.3. The lowest BCUT2D eigenvalue weighted by molar-refractivity contribution is -0.122. The van der Waals surface area contributed by atoms with E-state index in [0.29, 0.717) is 5.69 Å². The molecule has 146 valence electrons. The average molecular weight is 406 g/mol. The normalized spacial score (nSPS) is 16.1. The zero-order valence-electron chi connectivity index (χ0n) is 15.5. The van der Waals surface area contributed by atoms with E-state index < -0.39 is 5.92 Å². The standard InChI is InChI=1S/C23H19FN2O2S/c24-17-10-12-18(13-11-17)26-15-16(14-22(26)27)23(28)25-20-8-4-5-9-21(20)29-19-6-2-1-3-7-19/h1-13,16H,14-15H2,(H,25,28)/t16-/m0/s1. The van der Waals surface area contributed by atoms with Crippen LogP contribution < -0.4 is 10.2 Å². The number of halogens is 1. The molecule has 2 amide bonds. The minimum atomic E-state index is -0.456. The van der Waals surface area contributed by atoms with Gasteiger partial charge in [0.15, 0.2) is 0 Å². The fraction of sp³-hybridized carbons (Fsp3) is 0.130. The predicted molar refractivity (Wildman–Crippen MR) is 112 cm³/mol. The summed E-state index contributed by atoms with van der Waals surface area (Å²) in [6.07, 6.45) is 0.136. The second-order valence-electron chi connectivity index (χ2n) is 6.78. The maximum atomic E-state index is 13.1. The summed E-state index contributed by atoms with van der Waals surface area (Å²) in [6.45, 7) is 0.282. The van der Waals surface area contributed by atoms with Gasteiger partial charge in [-0.15, -0.1) is 0 Å². The molecule has 6 heteroatoms. The van der Waals surface area contributed by atoms with Gasteiger partial charge in [0.05, 0.1) is 11.6 Å². The summed E-state index contributed by atoms with van der Waals surface area (Å²) < 4.78 is 13.1. The third kappa shape index (κ3) is 4.49. The monoisotopic (exact) mass is 406 g/mol. The molecule has 0 spiro atoms. The molecule has 29 heavy (non-hydrogen) atoms. The molecule has 1 aliphatic rings. The highest BCUT2D eigenvalue weighted by atomic mass is 32.2. The van der Waals surface area contributed by atoms with Crippen molar-refractivity contribution < 1.29 is 14.0 Å². The molecule has 0 aliphatic carbocycles. The van der Waals surface area contributed by atoms with Gasteiger partial charge in [-0.25, -0.2) is 4.39 Å².